The zero-order chi connectivity index (χ0) is 18.5. The second kappa shape index (κ2) is 8.60. The number of anilines is 1. The van der Waals surface area contributed by atoms with E-state index in [9.17, 15) is 4.79 Å². The van der Waals surface area contributed by atoms with Gasteiger partial charge in [0.15, 0.2) is 5.82 Å². The minimum atomic E-state index is -0.0485. The highest BCUT2D eigenvalue weighted by molar-refractivity contribution is 7.98. The van der Waals surface area contributed by atoms with Crippen LogP contribution >= 0.6 is 11.8 Å². The third-order valence-electron chi connectivity index (χ3n) is 4.96. The van der Waals surface area contributed by atoms with Crippen LogP contribution in [0.15, 0.2) is 41.4 Å². The molecule has 3 rings (SSSR count). The number of thioether (sulfide) groups is 1. The number of rotatable bonds is 6. The van der Waals surface area contributed by atoms with Crippen molar-refractivity contribution in [1.82, 2.24) is 19.6 Å². The van der Waals surface area contributed by atoms with Gasteiger partial charge in [-0.05, 0) is 37.9 Å². The van der Waals surface area contributed by atoms with Crippen LogP contribution in [0.25, 0.3) is 5.69 Å². The van der Waals surface area contributed by atoms with Gasteiger partial charge in [-0.1, -0.05) is 32.0 Å². The first kappa shape index (κ1) is 18.8. The molecule has 0 saturated carbocycles. The van der Waals surface area contributed by atoms with Crippen LogP contribution in [0.1, 0.15) is 20.3 Å². The summed E-state index contributed by atoms with van der Waals surface area (Å²) in [7, 11) is 0. The number of likely N-dealkylation sites (N-methyl/N-ethyl adjacent to an activating group) is 1. The number of hydrogen-bond acceptors (Lipinski definition) is 4. The molecule has 1 aliphatic heterocycles. The highest BCUT2D eigenvalue weighted by atomic mass is 32.2. The van der Waals surface area contributed by atoms with Crippen LogP contribution in [0.5, 0.6) is 0 Å². The average molecular weight is 374 g/mol. The molecule has 1 unspecified atom stereocenters. The molecule has 140 valence electrons. The zero-order valence-electron chi connectivity index (χ0n) is 15.7. The molecule has 2 aromatic rings. The van der Waals surface area contributed by atoms with Gasteiger partial charge in [-0.15, -0.1) is 11.8 Å². The van der Waals surface area contributed by atoms with Gasteiger partial charge in [0.05, 0.1) is 16.8 Å². The first-order valence-electron chi connectivity index (χ1n) is 9.15. The summed E-state index contributed by atoms with van der Waals surface area (Å²) >= 11 is 1.58. The predicted octanol–water partition coefficient (Wildman–Crippen LogP) is 3.54. The van der Waals surface area contributed by atoms with Crippen LogP contribution in [-0.2, 0) is 0 Å². The summed E-state index contributed by atoms with van der Waals surface area (Å²) in [5.41, 5.74) is 0.936. The van der Waals surface area contributed by atoms with Gasteiger partial charge in [-0.25, -0.2) is 9.48 Å². The number of amides is 2. The van der Waals surface area contributed by atoms with Gasteiger partial charge in [0.2, 0.25) is 0 Å². The summed E-state index contributed by atoms with van der Waals surface area (Å²) in [4.78, 5) is 18.2. The van der Waals surface area contributed by atoms with E-state index in [0.717, 1.165) is 49.0 Å². The number of likely N-dealkylation sites (tertiary alicyclic amines) is 1. The van der Waals surface area contributed by atoms with Gasteiger partial charge in [0.25, 0.3) is 0 Å². The monoisotopic (exact) mass is 373 g/mol. The largest absolute Gasteiger partial charge is 0.323 e. The summed E-state index contributed by atoms with van der Waals surface area (Å²) in [6.45, 7) is 7.97. The van der Waals surface area contributed by atoms with Crippen molar-refractivity contribution in [2.24, 2.45) is 0 Å². The highest BCUT2D eigenvalue weighted by Gasteiger charge is 2.30. The first-order valence-corrected chi connectivity index (χ1v) is 10.4. The molecule has 1 aromatic heterocycles. The van der Waals surface area contributed by atoms with Crippen LogP contribution in [0.3, 0.4) is 0 Å². The lowest BCUT2D eigenvalue weighted by Crippen LogP contribution is -2.40. The van der Waals surface area contributed by atoms with E-state index in [0.29, 0.717) is 6.04 Å². The third kappa shape index (κ3) is 3.88. The number of urea groups is 1. The molecular weight excluding hydrogens is 346 g/mol. The van der Waals surface area contributed by atoms with Crippen LogP contribution in [-0.4, -0.2) is 64.1 Å². The minimum Gasteiger partial charge on any atom is -0.323 e. The number of nitrogens with one attached hydrogen (secondary N) is 1. The van der Waals surface area contributed by atoms with Crippen molar-refractivity contribution in [3.05, 3.63) is 36.5 Å². The predicted molar refractivity (Wildman–Crippen MR) is 107 cm³/mol. The van der Waals surface area contributed by atoms with Crippen molar-refractivity contribution < 1.29 is 4.79 Å². The molecule has 2 heterocycles. The van der Waals surface area contributed by atoms with Crippen LogP contribution < -0.4 is 5.32 Å². The molecule has 1 N–H and O–H groups in total. The van der Waals surface area contributed by atoms with Crippen LogP contribution in [0.2, 0.25) is 0 Å². The summed E-state index contributed by atoms with van der Waals surface area (Å²) < 4.78 is 1.79. The standard InChI is InChI=1S/C19H27N5OS/c1-4-22(5-2)16-11-12-23(14-16)19(25)21-18-17(26-3)13-20-24(18)15-9-7-6-8-10-15/h6-10,13,16H,4-5,11-12,14H2,1-3H3,(H,21,25). The molecule has 7 heteroatoms. The lowest BCUT2D eigenvalue weighted by Gasteiger charge is -2.26. The fourth-order valence-electron chi connectivity index (χ4n) is 3.51. The number of aromatic nitrogens is 2. The van der Waals surface area contributed by atoms with Crippen molar-refractivity contribution in [3.8, 4) is 5.69 Å². The number of benzene rings is 1. The Bertz CT molecular complexity index is 729. The summed E-state index contributed by atoms with van der Waals surface area (Å²) in [6.07, 6.45) is 4.83. The van der Waals surface area contributed by atoms with Crippen molar-refractivity contribution in [1.29, 1.82) is 0 Å². The molecule has 2 amide bonds. The maximum Gasteiger partial charge on any atom is 0.323 e. The van der Waals surface area contributed by atoms with Gasteiger partial charge < -0.3 is 4.90 Å². The van der Waals surface area contributed by atoms with E-state index >= 15 is 0 Å². The van der Waals surface area contributed by atoms with Crippen molar-refractivity contribution in [2.45, 2.75) is 31.2 Å². The molecule has 0 radical (unpaired) electrons. The Morgan fingerprint density at radius 1 is 1.31 bits per heavy atom. The van der Waals surface area contributed by atoms with Crippen LogP contribution in [0, 0.1) is 0 Å². The molecule has 1 fully saturated rings. The number of para-hydroxylation sites is 1. The van der Waals surface area contributed by atoms with E-state index in [1.165, 1.54) is 0 Å². The SMILES string of the molecule is CCN(CC)C1CCN(C(=O)Nc2c(SC)cnn2-c2ccccc2)C1. The Morgan fingerprint density at radius 3 is 2.69 bits per heavy atom. The maximum atomic E-state index is 12.9. The van der Waals surface area contributed by atoms with E-state index < -0.39 is 0 Å². The molecule has 1 aliphatic rings. The molecule has 0 aliphatic carbocycles. The van der Waals surface area contributed by atoms with Crippen molar-refractivity contribution in [2.75, 3.05) is 37.8 Å². The van der Waals surface area contributed by atoms with E-state index in [-0.39, 0.29) is 6.03 Å². The summed E-state index contributed by atoms with van der Waals surface area (Å²) in [5.74, 6) is 0.736. The smallest absolute Gasteiger partial charge is 0.323 e. The topological polar surface area (TPSA) is 53.4 Å². The fraction of sp³-hybridized carbons (Fsp3) is 0.474. The summed E-state index contributed by atoms with van der Waals surface area (Å²) in [6, 6.07) is 10.3. The number of carbonyl (C=O) groups is 1. The molecule has 1 saturated heterocycles. The second-order valence-corrected chi connectivity index (χ2v) is 7.20. The van der Waals surface area contributed by atoms with Gasteiger partial charge in [0.1, 0.15) is 0 Å². The normalized spacial score (nSPS) is 17.1. The van der Waals surface area contributed by atoms with Crippen LogP contribution in [0.4, 0.5) is 10.6 Å². The Kier molecular flexibility index (Phi) is 6.21. The molecular formula is C19H27N5OS. The van der Waals surface area contributed by atoms with Gasteiger partial charge in [0, 0.05) is 19.1 Å². The number of carbonyl (C=O) groups excluding carboxylic acids is 1. The van der Waals surface area contributed by atoms with Gasteiger partial charge in [-0.3, -0.25) is 10.2 Å². The number of nitrogens with zero attached hydrogens (tertiary/aromatic N) is 4. The Hall–Kier alpha value is -1.99. The van der Waals surface area contributed by atoms with Crippen molar-refractivity contribution >= 4 is 23.6 Å². The van der Waals surface area contributed by atoms with Gasteiger partial charge >= 0.3 is 6.03 Å². The highest BCUT2D eigenvalue weighted by Crippen LogP contribution is 2.28. The quantitative estimate of drug-likeness (QED) is 0.787. The van der Waals surface area contributed by atoms with E-state index in [2.05, 4.69) is 29.2 Å². The van der Waals surface area contributed by atoms with E-state index in [1.54, 1.807) is 22.6 Å². The molecule has 0 bridgehead atoms. The Balaban J connectivity index is 1.75. The molecule has 0 spiro atoms. The first-order chi connectivity index (χ1) is 12.7. The number of hydrogen-bond donors (Lipinski definition) is 1. The van der Waals surface area contributed by atoms with Crippen molar-refractivity contribution in [3.63, 3.8) is 0 Å². The Labute approximate surface area is 159 Å². The third-order valence-corrected chi connectivity index (χ3v) is 5.70. The minimum absolute atomic E-state index is 0.0485. The lowest BCUT2D eigenvalue weighted by atomic mass is 10.2. The van der Waals surface area contributed by atoms with E-state index in [4.69, 9.17) is 0 Å². The molecule has 1 atom stereocenters. The molecule has 6 nitrogen and oxygen atoms in total. The van der Waals surface area contributed by atoms with Gasteiger partial charge in [-0.2, -0.15) is 5.10 Å². The second-order valence-electron chi connectivity index (χ2n) is 6.35. The summed E-state index contributed by atoms with van der Waals surface area (Å²) in [5, 5.41) is 7.56. The molecule has 26 heavy (non-hydrogen) atoms. The Morgan fingerprint density at radius 2 is 2.04 bits per heavy atom. The molecule has 1 aromatic carbocycles. The maximum absolute atomic E-state index is 12.9. The lowest BCUT2D eigenvalue weighted by molar-refractivity contribution is 0.202. The van der Waals surface area contributed by atoms with E-state index in [1.807, 2.05) is 41.5 Å². The zero-order valence-corrected chi connectivity index (χ0v) is 16.5. The fourth-order valence-corrected chi connectivity index (χ4v) is 3.99. The average Bonchev–Trinajstić information content (AvgIpc) is 3.31.